The average molecular weight is 1070 g/mol. The number of anilines is 9. The summed E-state index contributed by atoms with van der Waals surface area (Å²) in [6.07, 6.45) is 0. The number of fused-ring (bicyclic) bond motifs is 10. The minimum atomic E-state index is -0.277. The number of hydrogen-bond donors (Lipinski definition) is 0. The van der Waals surface area contributed by atoms with E-state index in [0.717, 1.165) is 139 Å². The van der Waals surface area contributed by atoms with E-state index in [-0.39, 0.29) is 6.71 Å². The summed E-state index contributed by atoms with van der Waals surface area (Å²) in [4.78, 5) is 7.54. The molecule has 0 N–H and O–H groups in total. The van der Waals surface area contributed by atoms with Gasteiger partial charge in [0.1, 0.15) is 22.3 Å². The fourth-order valence-electron chi connectivity index (χ4n) is 13.5. The van der Waals surface area contributed by atoms with Gasteiger partial charge in [-0.05, 0) is 147 Å². The van der Waals surface area contributed by atoms with Crippen molar-refractivity contribution in [3.8, 4) is 44.5 Å². The van der Waals surface area contributed by atoms with E-state index >= 15 is 0 Å². The van der Waals surface area contributed by atoms with Crippen molar-refractivity contribution in [2.75, 3.05) is 14.7 Å². The minimum Gasteiger partial charge on any atom is -0.456 e. The van der Waals surface area contributed by atoms with Crippen LogP contribution in [0.5, 0.6) is 0 Å². The molecular formula is C78H50BN3O2. The first-order valence-corrected chi connectivity index (χ1v) is 28.8. The lowest BCUT2D eigenvalue weighted by Gasteiger charge is -2.45. The van der Waals surface area contributed by atoms with Gasteiger partial charge in [0.2, 0.25) is 0 Å². The van der Waals surface area contributed by atoms with Crippen LogP contribution in [-0.2, 0) is 0 Å². The van der Waals surface area contributed by atoms with E-state index in [1.165, 1.54) is 16.6 Å². The summed E-state index contributed by atoms with van der Waals surface area (Å²) in [5.41, 5.74) is 25.5. The fraction of sp³-hybridized carbons (Fsp3) is 0. The van der Waals surface area contributed by atoms with E-state index in [4.69, 9.17) is 8.83 Å². The summed E-state index contributed by atoms with van der Waals surface area (Å²) < 4.78 is 13.9. The van der Waals surface area contributed by atoms with Crippen LogP contribution in [0.25, 0.3) is 88.4 Å². The van der Waals surface area contributed by atoms with Gasteiger partial charge in [-0.1, -0.05) is 206 Å². The highest BCUT2D eigenvalue weighted by Crippen LogP contribution is 2.52. The zero-order chi connectivity index (χ0) is 55.2. The van der Waals surface area contributed by atoms with Crippen LogP contribution in [0.1, 0.15) is 0 Å². The van der Waals surface area contributed by atoms with E-state index in [1.807, 2.05) is 0 Å². The molecule has 0 amide bonds. The maximum Gasteiger partial charge on any atom is 0.252 e. The highest BCUT2D eigenvalue weighted by atomic mass is 16.3. The molecule has 0 unspecified atom stereocenters. The lowest BCUT2D eigenvalue weighted by atomic mass is 9.33. The van der Waals surface area contributed by atoms with Crippen molar-refractivity contribution < 1.29 is 8.83 Å². The summed E-state index contributed by atoms with van der Waals surface area (Å²) in [7, 11) is 0. The van der Waals surface area contributed by atoms with Gasteiger partial charge in [0.05, 0.1) is 17.1 Å². The number of nitrogens with zero attached hydrogens (tertiary/aromatic N) is 3. The first-order valence-electron chi connectivity index (χ1n) is 28.8. The molecule has 2 aliphatic heterocycles. The highest BCUT2D eigenvalue weighted by Gasteiger charge is 2.46. The second-order valence-corrected chi connectivity index (χ2v) is 21.9. The van der Waals surface area contributed by atoms with E-state index in [9.17, 15) is 0 Å². The maximum atomic E-state index is 6.93. The summed E-state index contributed by atoms with van der Waals surface area (Å²) in [6.45, 7) is -0.277. The van der Waals surface area contributed by atoms with Crippen LogP contribution in [0, 0.1) is 0 Å². The van der Waals surface area contributed by atoms with Crippen LogP contribution in [-0.4, -0.2) is 6.71 Å². The molecule has 2 aliphatic rings. The topological polar surface area (TPSA) is 36.0 Å². The molecule has 0 fully saturated rings. The minimum absolute atomic E-state index is 0.277. The zero-order valence-corrected chi connectivity index (χ0v) is 45.6. The van der Waals surface area contributed by atoms with Crippen molar-refractivity contribution in [1.29, 1.82) is 0 Å². The molecule has 4 heterocycles. The van der Waals surface area contributed by atoms with Gasteiger partial charge in [0.15, 0.2) is 0 Å². The molecule has 15 aromatic rings. The summed E-state index contributed by atoms with van der Waals surface area (Å²) in [5.74, 6) is 0. The van der Waals surface area contributed by atoms with E-state index in [0.29, 0.717) is 0 Å². The third-order valence-corrected chi connectivity index (χ3v) is 17.2. The van der Waals surface area contributed by atoms with Gasteiger partial charge in [-0.15, -0.1) is 0 Å². The first kappa shape index (κ1) is 47.7. The summed E-state index contributed by atoms with van der Waals surface area (Å²) in [5, 5.41) is 4.27. The molecule has 392 valence electrons. The maximum absolute atomic E-state index is 6.93. The lowest BCUT2D eigenvalue weighted by molar-refractivity contribution is 0.669. The smallest absolute Gasteiger partial charge is 0.252 e. The van der Waals surface area contributed by atoms with Gasteiger partial charge in [-0.25, -0.2) is 0 Å². The number of furan rings is 2. The first-order chi connectivity index (χ1) is 41.7. The summed E-state index contributed by atoms with van der Waals surface area (Å²) in [6, 6.07) is 110. The molecule has 0 bridgehead atoms. The Kier molecular flexibility index (Phi) is 11.0. The van der Waals surface area contributed by atoms with Gasteiger partial charge < -0.3 is 23.5 Å². The Labute approximate surface area is 486 Å². The van der Waals surface area contributed by atoms with Crippen molar-refractivity contribution in [2.24, 2.45) is 0 Å². The molecule has 0 atom stereocenters. The van der Waals surface area contributed by atoms with E-state index in [1.54, 1.807) is 0 Å². The predicted molar refractivity (Wildman–Crippen MR) is 351 cm³/mol. The number of para-hydroxylation sites is 6. The highest BCUT2D eigenvalue weighted by molar-refractivity contribution is 7.00. The van der Waals surface area contributed by atoms with Gasteiger partial charge in [0, 0.05) is 66.8 Å². The Morgan fingerprint density at radius 2 is 0.631 bits per heavy atom. The van der Waals surface area contributed by atoms with Gasteiger partial charge >= 0.3 is 0 Å². The Morgan fingerprint density at radius 3 is 1.10 bits per heavy atom. The predicted octanol–water partition coefficient (Wildman–Crippen LogP) is 19.7. The molecule has 0 saturated heterocycles. The standard InChI is InChI=1S/C78H50BN3O2/c1-5-23-51(24-6-1)53-27-21-29-55(43-53)60-35-13-17-39-68(60)81-70-47-64-62-37-15-19-41-74(62)83-76(64)49-66(70)79-67-50-77-65(63-38-16-20-42-75(63)84-77)48-71(67)82(69-40-18-14-36-61(69)56-30-22-28-54(44-56)52-25-7-2-8-26-52)73-46-59(45-72(81)78(73)79)80(57-31-9-3-10-32-57)58-33-11-4-12-34-58/h1-50H. The molecule has 13 aromatic carbocycles. The van der Waals surface area contributed by atoms with Crippen LogP contribution >= 0.6 is 0 Å². The van der Waals surface area contributed by atoms with Crippen molar-refractivity contribution in [1.82, 2.24) is 0 Å². The summed E-state index contributed by atoms with van der Waals surface area (Å²) >= 11 is 0. The third kappa shape index (κ3) is 7.65. The largest absolute Gasteiger partial charge is 0.456 e. The molecule has 0 aliphatic carbocycles. The van der Waals surface area contributed by atoms with Crippen LogP contribution in [0.15, 0.2) is 312 Å². The molecule has 17 rings (SSSR count). The van der Waals surface area contributed by atoms with E-state index in [2.05, 4.69) is 318 Å². The Hall–Kier alpha value is -11.1. The Morgan fingerprint density at radius 1 is 0.250 bits per heavy atom. The number of rotatable bonds is 9. The van der Waals surface area contributed by atoms with E-state index < -0.39 is 0 Å². The monoisotopic (exact) mass is 1070 g/mol. The Bertz CT molecular complexity index is 4740. The molecule has 0 spiro atoms. The SMILES string of the molecule is c1ccc(-c2cccc(-c3ccccc3N3c4cc5c(cc4B4c6cc7oc8ccccc8c7cc6N(c6ccccc6-c6cccc(-c7ccccc7)c6)c6cc(N(c7ccccc7)c7ccccc7)cc3c64)oc3ccccc35)c2)cc1. The van der Waals surface area contributed by atoms with Crippen molar-refractivity contribution >= 4 is 118 Å². The van der Waals surface area contributed by atoms with Crippen molar-refractivity contribution in [2.45, 2.75) is 0 Å². The quantitative estimate of drug-likeness (QED) is 0.135. The third-order valence-electron chi connectivity index (χ3n) is 17.2. The lowest BCUT2D eigenvalue weighted by Crippen LogP contribution is -2.61. The number of hydrogen-bond acceptors (Lipinski definition) is 5. The molecule has 0 radical (unpaired) electrons. The molecule has 2 aromatic heterocycles. The number of benzene rings is 13. The molecule has 5 nitrogen and oxygen atoms in total. The van der Waals surface area contributed by atoms with Gasteiger partial charge in [0.25, 0.3) is 6.71 Å². The van der Waals surface area contributed by atoms with Crippen molar-refractivity contribution in [3.63, 3.8) is 0 Å². The van der Waals surface area contributed by atoms with Gasteiger partial charge in [-0.3, -0.25) is 0 Å². The Balaban J connectivity index is 1.02. The normalized spacial score (nSPS) is 12.5. The fourth-order valence-corrected chi connectivity index (χ4v) is 13.5. The molecular weight excluding hydrogens is 1020 g/mol. The second kappa shape index (κ2) is 19.3. The van der Waals surface area contributed by atoms with Crippen LogP contribution in [0.2, 0.25) is 0 Å². The van der Waals surface area contributed by atoms with Crippen LogP contribution in [0.3, 0.4) is 0 Å². The average Bonchev–Trinajstić information content (AvgIpc) is 1.07. The molecule has 84 heavy (non-hydrogen) atoms. The molecule has 6 heteroatoms. The second-order valence-electron chi connectivity index (χ2n) is 21.9. The molecule has 0 saturated carbocycles. The van der Waals surface area contributed by atoms with Crippen LogP contribution in [0.4, 0.5) is 51.2 Å². The van der Waals surface area contributed by atoms with Crippen molar-refractivity contribution in [3.05, 3.63) is 303 Å². The van der Waals surface area contributed by atoms with Gasteiger partial charge in [-0.2, -0.15) is 0 Å². The van der Waals surface area contributed by atoms with Crippen LogP contribution < -0.4 is 31.1 Å². The zero-order valence-electron chi connectivity index (χ0n) is 45.6.